The SMILES string of the molecule is CCN(CCC(=O)O)C(=O)c1oc2c(C)cccc2c1C. The van der Waals surface area contributed by atoms with Crippen LogP contribution < -0.4 is 0 Å². The number of carbonyl (C=O) groups is 2. The summed E-state index contributed by atoms with van der Waals surface area (Å²) in [6.07, 6.45) is -0.0715. The van der Waals surface area contributed by atoms with E-state index in [9.17, 15) is 9.59 Å². The second kappa shape index (κ2) is 5.99. The summed E-state index contributed by atoms with van der Waals surface area (Å²) in [4.78, 5) is 24.7. The van der Waals surface area contributed by atoms with Crippen LogP contribution in [0.3, 0.4) is 0 Å². The molecule has 1 heterocycles. The molecule has 0 fully saturated rings. The van der Waals surface area contributed by atoms with Crippen molar-refractivity contribution >= 4 is 22.8 Å². The zero-order valence-corrected chi connectivity index (χ0v) is 12.5. The molecule has 112 valence electrons. The molecule has 0 aliphatic carbocycles. The quantitative estimate of drug-likeness (QED) is 0.918. The summed E-state index contributed by atoms with van der Waals surface area (Å²) in [5.74, 6) is -0.878. The Hall–Kier alpha value is -2.30. The predicted molar refractivity (Wildman–Crippen MR) is 79.5 cm³/mol. The molecule has 1 aromatic carbocycles. The van der Waals surface area contributed by atoms with Gasteiger partial charge in [-0.2, -0.15) is 0 Å². The maximum atomic E-state index is 12.5. The van der Waals surface area contributed by atoms with Crippen LogP contribution in [0.2, 0.25) is 0 Å². The molecule has 0 atom stereocenters. The Kier molecular flexibility index (Phi) is 4.31. The zero-order valence-electron chi connectivity index (χ0n) is 12.5. The molecule has 2 rings (SSSR count). The van der Waals surface area contributed by atoms with Gasteiger partial charge in [0.05, 0.1) is 6.42 Å². The van der Waals surface area contributed by atoms with Crippen molar-refractivity contribution in [2.75, 3.05) is 13.1 Å². The van der Waals surface area contributed by atoms with Crippen LogP contribution in [-0.2, 0) is 4.79 Å². The fraction of sp³-hybridized carbons (Fsp3) is 0.375. The number of rotatable bonds is 5. The fourth-order valence-corrected chi connectivity index (χ4v) is 2.37. The van der Waals surface area contributed by atoms with Gasteiger partial charge in [-0.15, -0.1) is 0 Å². The van der Waals surface area contributed by atoms with E-state index in [1.165, 1.54) is 4.90 Å². The Labute approximate surface area is 123 Å². The molecule has 0 saturated heterocycles. The number of carboxylic acids is 1. The number of hydrogen-bond donors (Lipinski definition) is 1. The molecule has 0 unspecified atom stereocenters. The van der Waals surface area contributed by atoms with Gasteiger partial charge in [-0.1, -0.05) is 18.2 Å². The molecular formula is C16H19NO4. The lowest BCUT2D eigenvalue weighted by Crippen LogP contribution is -2.33. The van der Waals surface area contributed by atoms with Crippen molar-refractivity contribution in [1.82, 2.24) is 4.90 Å². The lowest BCUT2D eigenvalue weighted by atomic mass is 10.1. The molecule has 0 aliphatic rings. The summed E-state index contributed by atoms with van der Waals surface area (Å²) in [7, 11) is 0. The standard InChI is InChI=1S/C16H19NO4/c1-4-17(9-8-13(18)19)16(20)15-11(3)12-7-5-6-10(2)14(12)21-15/h5-7H,4,8-9H2,1-3H3,(H,18,19). The van der Waals surface area contributed by atoms with E-state index in [0.717, 1.165) is 16.5 Å². The molecule has 0 bridgehead atoms. The lowest BCUT2D eigenvalue weighted by Gasteiger charge is -2.18. The molecule has 1 amide bonds. The topological polar surface area (TPSA) is 70.8 Å². The third-order valence-corrected chi connectivity index (χ3v) is 3.62. The first kappa shape index (κ1) is 15.1. The molecule has 1 N–H and O–H groups in total. The number of fused-ring (bicyclic) bond motifs is 1. The molecule has 2 aromatic rings. The molecule has 1 aromatic heterocycles. The number of aliphatic carboxylic acids is 1. The van der Waals surface area contributed by atoms with Crippen LogP contribution in [-0.4, -0.2) is 35.0 Å². The van der Waals surface area contributed by atoms with E-state index in [-0.39, 0.29) is 18.9 Å². The highest BCUT2D eigenvalue weighted by atomic mass is 16.4. The van der Waals surface area contributed by atoms with Crippen molar-refractivity contribution < 1.29 is 19.1 Å². The first-order valence-electron chi connectivity index (χ1n) is 6.95. The van der Waals surface area contributed by atoms with Crippen molar-refractivity contribution in [3.05, 3.63) is 35.1 Å². The minimum absolute atomic E-state index is 0.0715. The van der Waals surface area contributed by atoms with E-state index in [1.54, 1.807) is 0 Å². The first-order chi connectivity index (χ1) is 9.95. The number of carbonyl (C=O) groups excluding carboxylic acids is 1. The summed E-state index contributed by atoms with van der Waals surface area (Å²) in [5, 5.41) is 9.68. The monoisotopic (exact) mass is 289 g/mol. The highest BCUT2D eigenvalue weighted by Gasteiger charge is 2.23. The van der Waals surface area contributed by atoms with E-state index < -0.39 is 5.97 Å². The number of amides is 1. The third-order valence-electron chi connectivity index (χ3n) is 3.62. The molecule has 5 heteroatoms. The van der Waals surface area contributed by atoms with Crippen LogP contribution in [0.1, 0.15) is 35.0 Å². The number of hydrogen-bond acceptors (Lipinski definition) is 3. The number of aryl methyl sites for hydroxylation is 2. The minimum atomic E-state index is -0.918. The third kappa shape index (κ3) is 2.91. The average Bonchev–Trinajstić information content (AvgIpc) is 2.78. The second-order valence-corrected chi connectivity index (χ2v) is 5.04. The van der Waals surface area contributed by atoms with E-state index in [1.807, 2.05) is 39.0 Å². The van der Waals surface area contributed by atoms with E-state index in [2.05, 4.69) is 0 Å². The van der Waals surface area contributed by atoms with Gasteiger partial charge in [-0.3, -0.25) is 9.59 Å². The van der Waals surface area contributed by atoms with Crippen molar-refractivity contribution in [3.63, 3.8) is 0 Å². The number of para-hydroxylation sites is 1. The summed E-state index contributed by atoms with van der Waals surface area (Å²) < 4.78 is 5.74. The average molecular weight is 289 g/mol. The molecule has 0 spiro atoms. The molecule has 0 saturated carbocycles. The normalized spacial score (nSPS) is 10.8. The Morgan fingerprint density at radius 3 is 2.57 bits per heavy atom. The van der Waals surface area contributed by atoms with Crippen LogP contribution in [0.5, 0.6) is 0 Å². The Morgan fingerprint density at radius 2 is 2.00 bits per heavy atom. The molecule has 5 nitrogen and oxygen atoms in total. The van der Waals surface area contributed by atoms with E-state index in [0.29, 0.717) is 17.9 Å². The van der Waals surface area contributed by atoms with Crippen LogP contribution >= 0.6 is 0 Å². The van der Waals surface area contributed by atoms with Crippen molar-refractivity contribution in [3.8, 4) is 0 Å². The highest BCUT2D eigenvalue weighted by Crippen LogP contribution is 2.28. The van der Waals surface area contributed by atoms with Gasteiger partial charge in [0.2, 0.25) is 0 Å². The lowest BCUT2D eigenvalue weighted by molar-refractivity contribution is -0.137. The van der Waals surface area contributed by atoms with Gasteiger partial charge in [-0.25, -0.2) is 0 Å². The van der Waals surface area contributed by atoms with Gasteiger partial charge in [0.1, 0.15) is 5.58 Å². The van der Waals surface area contributed by atoms with Crippen LogP contribution in [0.4, 0.5) is 0 Å². The van der Waals surface area contributed by atoms with E-state index >= 15 is 0 Å². The number of nitrogens with zero attached hydrogens (tertiary/aromatic N) is 1. The number of carboxylic acid groups (broad SMARTS) is 1. The Bertz CT molecular complexity index is 687. The van der Waals surface area contributed by atoms with E-state index in [4.69, 9.17) is 9.52 Å². The van der Waals surface area contributed by atoms with Crippen LogP contribution in [0.15, 0.2) is 22.6 Å². The van der Waals surface area contributed by atoms with Crippen molar-refractivity contribution in [2.24, 2.45) is 0 Å². The maximum Gasteiger partial charge on any atom is 0.305 e. The highest BCUT2D eigenvalue weighted by molar-refractivity contribution is 5.99. The predicted octanol–water partition coefficient (Wildman–Crippen LogP) is 2.99. The maximum absolute atomic E-state index is 12.5. The largest absolute Gasteiger partial charge is 0.481 e. The number of benzene rings is 1. The minimum Gasteiger partial charge on any atom is -0.481 e. The molecule has 0 aliphatic heterocycles. The zero-order chi connectivity index (χ0) is 15.6. The van der Waals surface area contributed by atoms with Crippen LogP contribution in [0.25, 0.3) is 11.0 Å². The Balaban J connectivity index is 2.36. The Morgan fingerprint density at radius 1 is 1.29 bits per heavy atom. The summed E-state index contributed by atoms with van der Waals surface area (Å²) in [6, 6.07) is 5.78. The summed E-state index contributed by atoms with van der Waals surface area (Å²) >= 11 is 0. The fourth-order valence-electron chi connectivity index (χ4n) is 2.37. The van der Waals surface area contributed by atoms with Crippen LogP contribution in [0, 0.1) is 13.8 Å². The second-order valence-electron chi connectivity index (χ2n) is 5.04. The molecular weight excluding hydrogens is 270 g/mol. The van der Waals surface area contributed by atoms with Gasteiger partial charge < -0.3 is 14.4 Å². The summed E-state index contributed by atoms with van der Waals surface area (Å²) in [5.41, 5.74) is 2.49. The van der Waals surface area contributed by atoms with Gasteiger partial charge >= 0.3 is 5.97 Å². The summed E-state index contributed by atoms with van der Waals surface area (Å²) in [6.45, 7) is 6.23. The van der Waals surface area contributed by atoms with Gasteiger partial charge in [0, 0.05) is 24.0 Å². The van der Waals surface area contributed by atoms with Gasteiger partial charge in [0.15, 0.2) is 5.76 Å². The van der Waals surface area contributed by atoms with Crippen molar-refractivity contribution in [1.29, 1.82) is 0 Å². The first-order valence-corrected chi connectivity index (χ1v) is 6.95. The molecule has 0 radical (unpaired) electrons. The smallest absolute Gasteiger partial charge is 0.305 e. The van der Waals surface area contributed by atoms with Gasteiger partial charge in [0.25, 0.3) is 5.91 Å². The molecule has 21 heavy (non-hydrogen) atoms. The van der Waals surface area contributed by atoms with Crippen molar-refractivity contribution in [2.45, 2.75) is 27.2 Å². The van der Waals surface area contributed by atoms with Gasteiger partial charge in [-0.05, 0) is 26.3 Å². The number of furan rings is 1.